The molecular formula is C3H8ClNO. The molecule has 6 heavy (non-hydrogen) atoms. The van der Waals surface area contributed by atoms with Crippen molar-refractivity contribution in [2.24, 2.45) is 0 Å². The molecule has 0 fully saturated rings. The zero-order chi connectivity index (χ0) is 4.99. The second kappa shape index (κ2) is 3.40. The smallest absolute Gasteiger partial charge is 0.0837 e. The minimum absolute atomic E-state index is 0.294. The summed E-state index contributed by atoms with van der Waals surface area (Å²) in [5, 5.41) is 0. The van der Waals surface area contributed by atoms with Crippen molar-refractivity contribution >= 4 is 11.9 Å². The fraction of sp³-hybridized carbons (Fsp3) is 1.00. The van der Waals surface area contributed by atoms with Crippen LogP contribution in [0.25, 0.3) is 0 Å². The van der Waals surface area contributed by atoms with Gasteiger partial charge in [0.2, 0.25) is 0 Å². The molecule has 0 saturated heterocycles. The van der Waals surface area contributed by atoms with Crippen molar-refractivity contribution in [2.45, 2.75) is 19.9 Å². The predicted molar refractivity (Wildman–Crippen MR) is 25.2 cm³/mol. The van der Waals surface area contributed by atoms with Gasteiger partial charge in [-0.3, -0.25) is 0 Å². The molecule has 0 bridgehead atoms. The number of hydrogen-bond donors (Lipinski definition) is 1. The van der Waals surface area contributed by atoms with Crippen LogP contribution in [-0.4, -0.2) is 6.04 Å². The number of nitrogens with one attached hydrogen (secondary N) is 1. The molecule has 0 spiro atoms. The zero-order valence-electron chi connectivity index (χ0n) is 3.86. The predicted octanol–water partition coefficient (Wildman–Crippen LogP) is 1.07. The molecular weight excluding hydrogens is 101 g/mol. The molecule has 0 aliphatic rings. The SMILES string of the molecule is CC(C)NOCl. The van der Waals surface area contributed by atoms with E-state index in [1.165, 1.54) is 0 Å². The molecule has 3 heteroatoms. The van der Waals surface area contributed by atoms with Crippen LogP contribution in [0.2, 0.25) is 0 Å². The first kappa shape index (κ1) is 6.21. The van der Waals surface area contributed by atoms with E-state index in [-0.39, 0.29) is 0 Å². The Bertz CT molecular complexity index is 32.0. The van der Waals surface area contributed by atoms with E-state index in [1.807, 2.05) is 13.8 Å². The van der Waals surface area contributed by atoms with Crippen molar-refractivity contribution in [1.82, 2.24) is 5.48 Å². The highest BCUT2D eigenvalue weighted by molar-refractivity contribution is 6.07. The Morgan fingerprint density at radius 1 is 1.67 bits per heavy atom. The minimum Gasteiger partial charge on any atom is -0.190 e. The Kier molecular flexibility index (Phi) is 3.52. The molecule has 0 aliphatic carbocycles. The van der Waals surface area contributed by atoms with Crippen molar-refractivity contribution in [3.63, 3.8) is 0 Å². The largest absolute Gasteiger partial charge is 0.190 e. The van der Waals surface area contributed by atoms with Gasteiger partial charge in [-0.05, 0) is 13.8 Å². The molecule has 1 N–H and O–H groups in total. The lowest BCUT2D eigenvalue weighted by atomic mass is 10.4. The first-order valence-electron chi connectivity index (χ1n) is 1.80. The topological polar surface area (TPSA) is 21.3 Å². The van der Waals surface area contributed by atoms with Crippen LogP contribution in [0.1, 0.15) is 13.8 Å². The summed E-state index contributed by atoms with van der Waals surface area (Å²) in [5.41, 5.74) is 2.47. The maximum absolute atomic E-state index is 4.79. The molecule has 0 atom stereocenters. The molecule has 0 radical (unpaired) electrons. The van der Waals surface area contributed by atoms with Gasteiger partial charge < -0.3 is 0 Å². The highest BCUT2D eigenvalue weighted by Crippen LogP contribution is 1.77. The van der Waals surface area contributed by atoms with E-state index in [4.69, 9.17) is 11.9 Å². The molecule has 0 aromatic rings. The summed E-state index contributed by atoms with van der Waals surface area (Å²) in [6, 6.07) is 0.294. The average molecular weight is 110 g/mol. The van der Waals surface area contributed by atoms with E-state index in [2.05, 4.69) is 9.87 Å². The molecule has 0 amide bonds. The van der Waals surface area contributed by atoms with Crippen molar-refractivity contribution in [2.75, 3.05) is 0 Å². The fourth-order valence-electron chi connectivity index (χ4n) is 0.0891. The summed E-state index contributed by atoms with van der Waals surface area (Å²) in [4.78, 5) is 0. The maximum atomic E-state index is 4.79. The molecule has 0 unspecified atom stereocenters. The molecule has 38 valence electrons. The lowest BCUT2D eigenvalue weighted by Crippen LogP contribution is -2.18. The van der Waals surface area contributed by atoms with E-state index < -0.39 is 0 Å². The Hall–Kier alpha value is 0.210. The highest BCUT2D eigenvalue weighted by atomic mass is 35.5. The van der Waals surface area contributed by atoms with Crippen LogP contribution in [0, 0.1) is 0 Å². The fourth-order valence-corrected chi connectivity index (χ4v) is 0.267. The van der Waals surface area contributed by atoms with Crippen molar-refractivity contribution in [3.8, 4) is 0 Å². The molecule has 2 nitrogen and oxygen atoms in total. The third-order valence-corrected chi connectivity index (χ3v) is 0.369. The van der Waals surface area contributed by atoms with Crippen LogP contribution >= 0.6 is 11.9 Å². The monoisotopic (exact) mass is 109 g/mol. The zero-order valence-corrected chi connectivity index (χ0v) is 4.62. The van der Waals surface area contributed by atoms with E-state index in [0.717, 1.165) is 0 Å². The number of rotatable bonds is 2. The molecule has 0 aromatic carbocycles. The van der Waals surface area contributed by atoms with Gasteiger partial charge in [0, 0.05) is 6.04 Å². The minimum atomic E-state index is 0.294. The normalized spacial score (nSPS) is 10.0. The second-order valence-electron chi connectivity index (χ2n) is 1.35. The van der Waals surface area contributed by atoms with Crippen molar-refractivity contribution < 1.29 is 4.39 Å². The second-order valence-corrected chi connectivity index (χ2v) is 1.50. The van der Waals surface area contributed by atoms with Crippen LogP contribution in [0.4, 0.5) is 0 Å². The lowest BCUT2D eigenvalue weighted by molar-refractivity contribution is 0.189. The third-order valence-electron chi connectivity index (χ3n) is 0.280. The highest BCUT2D eigenvalue weighted by Gasteiger charge is 1.84. The van der Waals surface area contributed by atoms with Gasteiger partial charge in [0.1, 0.15) is 0 Å². The Morgan fingerprint density at radius 3 is 2.17 bits per heavy atom. The maximum Gasteiger partial charge on any atom is 0.0837 e. The van der Waals surface area contributed by atoms with Crippen LogP contribution in [-0.2, 0) is 4.39 Å². The standard InChI is InChI=1S/C3H8ClNO/c1-3(2)5-6-4/h3,5H,1-2H3. The van der Waals surface area contributed by atoms with E-state index in [1.54, 1.807) is 0 Å². The summed E-state index contributed by atoms with van der Waals surface area (Å²) >= 11 is 4.79. The average Bonchev–Trinajstić information content (AvgIpc) is 1.35. The van der Waals surface area contributed by atoms with Crippen LogP contribution < -0.4 is 5.48 Å². The third kappa shape index (κ3) is 4.21. The van der Waals surface area contributed by atoms with Gasteiger partial charge in [0.05, 0.1) is 11.9 Å². The lowest BCUT2D eigenvalue weighted by Gasteiger charge is -1.98. The molecule has 0 saturated carbocycles. The van der Waals surface area contributed by atoms with Gasteiger partial charge >= 0.3 is 0 Å². The Labute approximate surface area is 42.6 Å². The van der Waals surface area contributed by atoms with Gasteiger partial charge in [-0.25, -0.2) is 0 Å². The first-order chi connectivity index (χ1) is 2.77. The summed E-state index contributed by atoms with van der Waals surface area (Å²) in [6.45, 7) is 3.87. The summed E-state index contributed by atoms with van der Waals surface area (Å²) < 4.78 is 4.03. The Morgan fingerprint density at radius 2 is 2.17 bits per heavy atom. The molecule has 0 aromatic heterocycles. The van der Waals surface area contributed by atoms with E-state index >= 15 is 0 Å². The summed E-state index contributed by atoms with van der Waals surface area (Å²) in [5.74, 6) is 0. The number of hydroxylamine groups is 1. The van der Waals surface area contributed by atoms with Gasteiger partial charge in [-0.2, -0.15) is 9.87 Å². The van der Waals surface area contributed by atoms with Crippen LogP contribution in [0.3, 0.4) is 0 Å². The van der Waals surface area contributed by atoms with Crippen LogP contribution in [0.15, 0.2) is 0 Å². The molecule has 0 rings (SSSR count). The summed E-state index contributed by atoms with van der Waals surface area (Å²) in [6.07, 6.45) is 0. The van der Waals surface area contributed by atoms with Gasteiger partial charge in [-0.1, -0.05) is 0 Å². The van der Waals surface area contributed by atoms with Crippen LogP contribution in [0.5, 0.6) is 0 Å². The van der Waals surface area contributed by atoms with Gasteiger partial charge in [0.15, 0.2) is 0 Å². The summed E-state index contributed by atoms with van der Waals surface area (Å²) in [7, 11) is 0. The van der Waals surface area contributed by atoms with Crippen molar-refractivity contribution in [3.05, 3.63) is 0 Å². The quantitative estimate of drug-likeness (QED) is 0.536. The van der Waals surface area contributed by atoms with Crippen molar-refractivity contribution in [1.29, 1.82) is 0 Å². The van der Waals surface area contributed by atoms with Gasteiger partial charge in [0.25, 0.3) is 0 Å². The molecule has 0 aliphatic heterocycles. The first-order valence-corrected chi connectivity index (χ1v) is 2.11. The number of hydrogen-bond acceptors (Lipinski definition) is 2. The van der Waals surface area contributed by atoms with E-state index in [0.29, 0.717) is 6.04 Å². The Balaban J connectivity index is 2.63. The van der Waals surface area contributed by atoms with Gasteiger partial charge in [-0.15, -0.1) is 0 Å². The number of halogens is 1. The molecule has 0 heterocycles. The van der Waals surface area contributed by atoms with E-state index in [9.17, 15) is 0 Å².